The highest BCUT2D eigenvalue weighted by Crippen LogP contribution is 2.39. The summed E-state index contributed by atoms with van der Waals surface area (Å²) < 4.78 is 75.4. The van der Waals surface area contributed by atoms with Crippen molar-refractivity contribution >= 4 is 18.1 Å². The van der Waals surface area contributed by atoms with Crippen LogP contribution in [0, 0.1) is 0 Å². The molecule has 2 aromatic carbocycles. The van der Waals surface area contributed by atoms with Crippen LogP contribution in [0.25, 0.3) is 11.4 Å². The summed E-state index contributed by atoms with van der Waals surface area (Å²) in [4.78, 5) is 35.0. The molecule has 17 heteroatoms. The zero-order chi connectivity index (χ0) is 37.8. The lowest BCUT2D eigenvalue weighted by molar-refractivity contribution is -0.138. The van der Waals surface area contributed by atoms with E-state index in [0.29, 0.717) is 37.6 Å². The lowest BCUT2D eigenvalue weighted by atomic mass is 10.1. The number of aryl methyl sites for hydroxylation is 1. The fourth-order valence-corrected chi connectivity index (χ4v) is 5.42. The van der Waals surface area contributed by atoms with Gasteiger partial charge in [0.15, 0.2) is 11.5 Å². The quantitative estimate of drug-likeness (QED) is 0.155. The standard InChI is InChI=1S/C35H42F3N5O9/c1-33(2,3)50-31(45)40-30(41-32(46)51-34(4,5)6)43-19-22(44)18-24(43)29-39-28(42-52-29)21-10-12-25(23(17-21)35(36,37)38)47-13-7-8-20-9-11-26-27(16-20)49-15-14-48-26/h9-12,16-17,22,24,44H,7-8,13-15,18-19H2,1-6H3,(H,40,41,45,46)/t22-,24+/m1/s1. The van der Waals surface area contributed by atoms with Crippen LogP contribution in [-0.2, 0) is 22.1 Å². The molecule has 2 atom stereocenters. The van der Waals surface area contributed by atoms with Crippen LogP contribution in [0.3, 0.4) is 0 Å². The van der Waals surface area contributed by atoms with E-state index in [1.165, 1.54) is 17.0 Å². The molecule has 1 aromatic heterocycles. The smallest absolute Gasteiger partial charge is 0.437 e. The number of hydrogen-bond donors (Lipinski definition) is 2. The summed E-state index contributed by atoms with van der Waals surface area (Å²) in [5, 5.41) is 16.9. The van der Waals surface area contributed by atoms with Crippen LogP contribution in [0.2, 0.25) is 0 Å². The van der Waals surface area contributed by atoms with Gasteiger partial charge in [0.2, 0.25) is 17.7 Å². The summed E-state index contributed by atoms with van der Waals surface area (Å²) in [5.41, 5.74) is -1.90. The molecular weight excluding hydrogens is 691 g/mol. The molecule has 2 N–H and O–H groups in total. The molecule has 3 heterocycles. The Balaban J connectivity index is 1.33. The van der Waals surface area contributed by atoms with E-state index in [-0.39, 0.29) is 48.6 Å². The second-order valence-corrected chi connectivity index (χ2v) is 14.2. The van der Waals surface area contributed by atoms with Crippen LogP contribution >= 0.6 is 0 Å². The molecule has 2 aliphatic heterocycles. The number of β-amino-alcohol motifs (C(OH)–C–C–N with tert-alkyl or cyclic N) is 1. The van der Waals surface area contributed by atoms with Crippen LogP contribution < -0.4 is 19.5 Å². The molecule has 2 aliphatic rings. The van der Waals surface area contributed by atoms with Crippen LogP contribution in [0.4, 0.5) is 22.8 Å². The number of amides is 2. The molecule has 52 heavy (non-hydrogen) atoms. The van der Waals surface area contributed by atoms with E-state index < -0.39 is 47.3 Å². The maximum absolute atomic E-state index is 14.2. The van der Waals surface area contributed by atoms with Crippen molar-refractivity contribution in [3.05, 3.63) is 53.4 Å². The third-order valence-electron chi connectivity index (χ3n) is 7.50. The number of aliphatic hydroxyl groups is 1. The third kappa shape index (κ3) is 10.3. The van der Waals surface area contributed by atoms with Crippen LogP contribution in [0.15, 0.2) is 45.9 Å². The number of carbonyl (C=O) groups excluding carboxylic acids is 2. The number of rotatable bonds is 7. The third-order valence-corrected chi connectivity index (χ3v) is 7.50. The lowest BCUT2D eigenvalue weighted by Gasteiger charge is -2.27. The van der Waals surface area contributed by atoms with Gasteiger partial charge in [0.05, 0.1) is 18.3 Å². The molecule has 0 spiro atoms. The molecule has 282 valence electrons. The van der Waals surface area contributed by atoms with E-state index in [1.54, 1.807) is 47.6 Å². The molecule has 0 unspecified atom stereocenters. The number of alkyl carbamates (subject to hydrolysis) is 1. The van der Waals surface area contributed by atoms with Gasteiger partial charge < -0.3 is 38.2 Å². The second-order valence-electron chi connectivity index (χ2n) is 14.2. The minimum Gasteiger partial charge on any atom is -0.493 e. The molecule has 5 rings (SSSR count). The van der Waals surface area contributed by atoms with Gasteiger partial charge in [0, 0.05) is 18.5 Å². The van der Waals surface area contributed by atoms with E-state index in [9.17, 15) is 27.9 Å². The molecule has 1 saturated heterocycles. The minimum absolute atomic E-state index is 0.00217. The Morgan fingerprint density at radius 3 is 2.40 bits per heavy atom. The van der Waals surface area contributed by atoms with Gasteiger partial charge in [-0.1, -0.05) is 11.2 Å². The molecule has 1 fully saturated rings. The highest BCUT2D eigenvalue weighted by atomic mass is 19.4. The van der Waals surface area contributed by atoms with Gasteiger partial charge in [0.25, 0.3) is 0 Å². The number of benzene rings is 2. The summed E-state index contributed by atoms with van der Waals surface area (Å²) in [6.07, 6.45) is -6.74. The number of fused-ring (bicyclic) bond motifs is 1. The second kappa shape index (κ2) is 15.3. The van der Waals surface area contributed by atoms with E-state index in [4.69, 9.17) is 28.2 Å². The van der Waals surface area contributed by atoms with Gasteiger partial charge >= 0.3 is 18.4 Å². The molecular formula is C35H42F3N5O9. The number of alkyl halides is 3. The SMILES string of the molecule is CC(C)(C)OC(=O)N=C(NC(=O)OC(C)(C)C)N1C[C@H](O)C[C@H]1c1nc(-c2ccc(OCCCc3ccc4c(c3)OCCO4)c(C(F)(F)F)c2)no1. The zero-order valence-corrected chi connectivity index (χ0v) is 29.7. The number of hydrogen-bond acceptors (Lipinski definition) is 11. The maximum Gasteiger partial charge on any atom is 0.437 e. The largest absolute Gasteiger partial charge is 0.493 e. The van der Waals surface area contributed by atoms with Crippen molar-refractivity contribution in [3.63, 3.8) is 0 Å². The van der Waals surface area contributed by atoms with E-state index in [0.717, 1.165) is 11.6 Å². The predicted molar refractivity (Wildman–Crippen MR) is 179 cm³/mol. The molecule has 0 saturated carbocycles. The zero-order valence-electron chi connectivity index (χ0n) is 29.7. The number of aliphatic hydroxyl groups excluding tert-OH is 1. The summed E-state index contributed by atoms with van der Waals surface area (Å²) in [7, 11) is 0. The molecule has 2 amide bonds. The van der Waals surface area contributed by atoms with Crippen molar-refractivity contribution in [1.29, 1.82) is 0 Å². The van der Waals surface area contributed by atoms with Crippen molar-refractivity contribution < 1.29 is 56.1 Å². The predicted octanol–water partition coefficient (Wildman–Crippen LogP) is 6.46. The van der Waals surface area contributed by atoms with Gasteiger partial charge in [-0.3, -0.25) is 5.32 Å². The Labute approximate surface area is 298 Å². The van der Waals surface area contributed by atoms with E-state index >= 15 is 0 Å². The Kier molecular flexibility index (Phi) is 11.2. The van der Waals surface area contributed by atoms with Crippen molar-refractivity contribution in [2.45, 2.75) is 90.3 Å². The average molecular weight is 734 g/mol. The lowest BCUT2D eigenvalue weighted by Crippen LogP contribution is -2.46. The normalized spacial score (nSPS) is 17.9. The Hall–Kier alpha value is -5.06. The first-order valence-corrected chi connectivity index (χ1v) is 16.7. The highest BCUT2D eigenvalue weighted by molar-refractivity contribution is 5.99. The summed E-state index contributed by atoms with van der Waals surface area (Å²) in [6.45, 7) is 10.7. The number of aliphatic imine (C=N–C) groups is 1. The Morgan fingerprint density at radius 2 is 1.71 bits per heavy atom. The number of nitrogens with one attached hydrogen (secondary N) is 1. The summed E-state index contributed by atoms with van der Waals surface area (Å²) in [5.74, 6) is 0.330. The summed E-state index contributed by atoms with van der Waals surface area (Å²) in [6, 6.07) is 8.03. The highest BCUT2D eigenvalue weighted by Gasteiger charge is 2.40. The first-order valence-electron chi connectivity index (χ1n) is 16.7. The van der Waals surface area contributed by atoms with Gasteiger partial charge in [-0.25, -0.2) is 9.59 Å². The van der Waals surface area contributed by atoms with Gasteiger partial charge in [-0.2, -0.15) is 18.2 Å². The van der Waals surface area contributed by atoms with E-state index in [1.807, 2.05) is 12.1 Å². The molecule has 0 radical (unpaired) electrons. The number of aromatic nitrogens is 2. The number of ether oxygens (including phenoxy) is 5. The summed E-state index contributed by atoms with van der Waals surface area (Å²) >= 11 is 0. The topological polar surface area (TPSA) is 167 Å². The molecule has 3 aromatic rings. The number of carbonyl (C=O) groups is 2. The molecule has 0 bridgehead atoms. The van der Waals surface area contributed by atoms with Crippen LogP contribution in [0.5, 0.6) is 17.2 Å². The van der Waals surface area contributed by atoms with Gasteiger partial charge in [-0.15, -0.1) is 4.99 Å². The molecule has 0 aliphatic carbocycles. The number of nitrogens with zero attached hydrogens (tertiary/aromatic N) is 4. The number of guanidine groups is 1. The van der Waals surface area contributed by atoms with Crippen molar-refractivity contribution in [1.82, 2.24) is 20.4 Å². The monoisotopic (exact) mass is 733 g/mol. The van der Waals surface area contributed by atoms with Crippen molar-refractivity contribution in [2.75, 3.05) is 26.4 Å². The molecule has 14 nitrogen and oxygen atoms in total. The van der Waals surface area contributed by atoms with Crippen molar-refractivity contribution in [2.24, 2.45) is 4.99 Å². The van der Waals surface area contributed by atoms with Crippen LogP contribution in [-0.4, -0.2) is 82.0 Å². The van der Waals surface area contributed by atoms with Gasteiger partial charge in [0.1, 0.15) is 36.2 Å². The average Bonchev–Trinajstić information content (AvgIpc) is 3.67. The van der Waals surface area contributed by atoms with Crippen LogP contribution in [0.1, 0.15) is 77.4 Å². The first kappa shape index (κ1) is 38.2. The Bertz CT molecular complexity index is 1780. The number of halogens is 3. The Morgan fingerprint density at radius 1 is 1.00 bits per heavy atom. The first-order chi connectivity index (χ1) is 24.3. The van der Waals surface area contributed by atoms with Crippen molar-refractivity contribution in [3.8, 4) is 28.6 Å². The maximum atomic E-state index is 14.2. The van der Waals surface area contributed by atoms with Gasteiger partial charge in [-0.05, 0) is 90.3 Å². The fraction of sp³-hybridized carbons (Fsp3) is 0.514. The van der Waals surface area contributed by atoms with E-state index in [2.05, 4.69) is 20.4 Å². The fourth-order valence-electron chi connectivity index (χ4n) is 5.42. The minimum atomic E-state index is -4.76. The number of likely N-dealkylation sites (tertiary alicyclic amines) is 1.